The fourth-order valence-corrected chi connectivity index (χ4v) is 1.84. The summed E-state index contributed by atoms with van der Waals surface area (Å²) in [5.41, 5.74) is 7.26. The molecule has 0 fully saturated rings. The third kappa shape index (κ3) is 1.65. The van der Waals surface area contributed by atoms with Crippen molar-refractivity contribution in [1.82, 2.24) is 9.97 Å². The summed E-state index contributed by atoms with van der Waals surface area (Å²) in [5.74, 6) is 0.512. The van der Waals surface area contributed by atoms with E-state index in [9.17, 15) is 0 Å². The van der Waals surface area contributed by atoms with Crippen molar-refractivity contribution < 1.29 is 0 Å². The first-order chi connectivity index (χ1) is 6.79. The molecule has 0 spiro atoms. The second-order valence-corrected chi connectivity index (χ2v) is 3.59. The molecule has 0 amide bonds. The molecule has 0 atom stereocenters. The highest BCUT2D eigenvalue weighted by Gasteiger charge is 2.03. The zero-order valence-corrected chi connectivity index (χ0v) is 8.29. The van der Waals surface area contributed by atoms with Gasteiger partial charge in [0.25, 0.3) is 0 Å². The van der Waals surface area contributed by atoms with Gasteiger partial charge in [0.15, 0.2) is 0 Å². The summed E-state index contributed by atoms with van der Waals surface area (Å²) in [4.78, 5) is 8.50. The molecule has 14 heavy (non-hydrogen) atoms. The van der Waals surface area contributed by atoms with E-state index in [0.717, 1.165) is 16.4 Å². The normalized spacial score (nSPS) is 10.0. The molecular formula is C10H9N3S. The summed E-state index contributed by atoms with van der Waals surface area (Å²) in [6.07, 6.45) is 1.71. The van der Waals surface area contributed by atoms with Crippen molar-refractivity contribution in [2.24, 2.45) is 0 Å². The standard InChI is InChI=1S/C10H9N3S/c1-2-7-6-14-10(12-7)8-4-3-5-9(11)13-8/h2-6H,1H2,(H2,11,13). The zero-order chi connectivity index (χ0) is 9.97. The van der Waals surface area contributed by atoms with Crippen LogP contribution in [0.3, 0.4) is 0 Å². The van der Waals surface area contributed by atoms with E-state index >= 15 is 0 Å². The van der Waals surface area contributed by atoms with Crippen LogP contribution in [0.5, 0.6) is 0 Å². The monoisotopic (exact) mass is 203 g/mol. The van der Waals surface area contributed by atoms with Crippen LogP contribution < -0.4 is 5.73 Å². The Morgan fingerprint density at radius 2 is 2.21 bits per heavy atom. The maximum absolute atomic E-state index is 5.58. The molecule has 0 aromatic carbocycles. The smallest absolute Gasteiger partial charge is 0.142 e. The van der Waals surface area contributed by atoms with Crippen LogP contribution in [0.25, 0.3) is 16.8 Å². The lowest BCUT2D eigenvalue weighted by Gasteiger charge is -1.95. The fourth-order valence-electron chi connectivity index (χ4n) is 1.07. The Balaban J connectivity index is 2.43. The van der Waals surface area contributed by atoms with Crippen molar-refractivity contribution in [3.63, 3.8) is 0 Å². The molecule has 70 valence electrons. The van der Waals surface area contributed by atoms with E-state index in [1.165, 1.54) is 11.3 Å². The van der Waals surface area contributed by atoms with Crippen molar-refractivity contribution in [3.05, 3.63) is 35.9 Å². The van der Waals surface area contributed by atoms with Gasteiger partial charge in [-0.2, -0.15) is 0 Å². The minimum atomic E-state index is 0.512. The number of hydrogen-bond donors (Lipinski definition) is 1. The predicted molar refractivity (Wildman–Crippen MR) is 59.8 cm³/mol. The van der Waals surface area contributed by atoms with Crippen molar-refractivity contribution >= 4 is 23.2 Å². The van der Waals surface area contributed by atoms with Gasteiger partial charge in [-0.3, -0.25) is 0 Å². The van der Waals surface area contributed by atoms with Crippen molar-refractivity contribution in [1.29, 1.82) is 0 Å². The van der Waals surface area contributed by atoms with Gasteiger partial charge >= 0.3 is 0 Å². The number of nitrogens with zero attached hydrogens (tertiary/aromatic N) is 2. The van der Waals surface area contributed by atoms with Gasteiger partial charge in [-0.05, 0) is 18.2 Å². The number of thiazole rings is 1. The topological polar surface area (TPSA) is 51.8 Å². The highest BCUT2D eigenvalue weighted by atomic mass is 32.1. The lowest BCUT2D eigenvalue weighted by atomic mass is 10.3. The van der Waals surface area contributed by atoms with Crippen molar-refractivity contribution in [3.8, 4) is 10.7 Å². The molecule has 2 rings (SSSR count). The molecule has 0 radical (unpaired) electrons. The van der Waals surface area contributed by atoms with E-state index in [-0.39, 0.29) is 0 Å². The second-order valence-electron chi connectivity index (χ2n) is 2.73. The van der Waals surface area contributed by atoms with Crippen molar-refractivity contribution in [2.45, 2.75) is 0 Å². The molecule has 0 bridgehead atoms. The SMILES string of the molecule is C=Cc1csc(-c2cccc(N)n2)n1. The largest absolute Gasteiger partial charge is 0.384 e. The Morgan fingerprint density at radius 3 is 2.86 bits per heavy atom. The predicted octanol–water partition coefficient (Wildman–Crippen LogP) is 2.43. The highest BCUT2D eigenvalue weighted by molar-refractivity contribution is 7.13. The Kier molecular flexibility index (Phi) is 2.28. The Bertz CT molecular complexity index is 462. The van der Waals surface area contributed by atoms with Gasteiger partial charge in [0.2, 0.25) is 0 Å². The summed E-state index contributed by atoms with van der Waals surface area (Å²) < 4.78 is 0. The van der Waals surface area contributed by atoms with E-state index in [0.29, 0.717) is 5.82 Å². The molecule has 2 aromatic heterocycles. The van der Waals surface area contributed by atoms with Gasteiger partial charge in [-0.15, -0.1) is 11.3 Å². The maximum Gasteiger partial charge on any atom is 0.142 e. The van der Waals surface area contributed by atoms with E-state index < -0.39 is 0 Å². The van der Waals surface area contributed by atoms with Gasteiger partial charge in [-0.1, -0.05) is 12.6 Å². The lowest BCUT2D eigenvalue weighted by molar-refractivity contribution is 1.29. The number of anilines is 1. The number of nitrogens with two attached hydrogens (primary N) is 1. The molecule has 0 aliphatic heterocycles. The van der Waals surface area contributed by atoms with Crippen LogP contribution in [0.2, 0.25) is 0 Å². The van der Waals surface area contributed by atoms with Gasteiger partial charge in [0.05, 0.1) is 5.69 Å². The molecule has 0 saturated carbocycles. The molecule has 0 aliphatic carbocycles. The number of rotatable bonds is 2. The van der Waals surface area contributed by atoms with Gasteiger partial charge < -0.3 is 5.73 Å². The molecule has 0 aliphatic rings. The molecule has 3 nitrogen and oxygen atoms in total. The number of pyridine rings is 1. The molecule has 0 saturated heterocycles. The third-order valence-corrected chi connectivity index (χ3v) is 2.60. The van der Waals surface area contributed by atoms with Crippen molar-refractivity contribution in [2.75, 3.05) is 5.73 Å². The number of aromatic nitrogens is 2. The number of nitrogen functional groups attached to an aromatic ring is 1. The second kappa shape index (κ2) is 3.59. The van der Waals surface area contributed by atoms with Crippen LogP contribution in [0, 0.1) is 0 Å². The van der Waals surface area contributed by atoms with Crippen LogP contribution in [0.4, 0.5) is 5.82 Å². The minimum absolute atomic E-state index is 0.512. The third-order valence-electron chi connectivity index (χ3n) is 1.72. The average Bonchev–Trinajstić information content (AvgIpc) is 2.66. The van der Waals surface area contributed by atoms with E-state index in [2.05, 4.69) is 16.5 Å². The summed E-state index contributed by atoms with van der Waals surface area (Å²) in [6.45, 7) is 3.65. The minimum Gasteiger partial charge on any atom is -0.384 e. The Morgan fingerprint density at radius 1 is 1.36 bits per heavy atom. The van der Waals surface area contributed by atoms with Crippen LogP contribution in [-0.2, 0) is 0 Å². The first-order valence-electron chi connectivity index (χ1n) is 4.10. The van der Waals surface area contributed by atoms with Gasteiger partial charge in [0.1, 0.15) is 16.5 Å². The van der Waals surface area contributed by atoms with E-state index in [1.807, 2.05) is 17.5 Å². The lowest BCUT2D eigenvalue weighted by Crippen LogP contribution is -1.90. The first kappa shape index (κ1) is 8.90. The zero-order valence-electron chi connectivity index (χ0n) is 7.47. The average molecular weight is 203 g/mol. The molecule has 2 heterocycles. The van der Waals surface area contributed by atoms with Crippen LogP contribution >= 0.6 is 11.3 Å². The van der Waals surface area contributed by atoms with Gasteiger partial charge in [0, 0.05) is 5.38 Å². The van der Waals surface area contributed by atoms with Crippen LogP contribution in [0.15, 0.2) is 30.2 Å². The number of hydrogen-bond acceptors (Lipinski definition) is 4. The molecular weight excluding hydrogens is 194 g/mol. The summed E-state index contributed by atoms with van der Waals surface area (Å²) >= 11 is 1.54. The summed E-state index contributed by atoms with van der Waals surface area (Å²) in [6, 6.07) is 5.51. The first-order valence-corrected chi connectivity index (χ1v) is 4.98. The Labute approximate surface area is 85.9 Å². The molecule has 2 aromatic rings. The van der Waals surface area contributed by atoms with Gasteiger partial charge in [-0.25, -0.2) is 9.97 Å². The summed E-state index contributed by atoms with van der Waals surface area (Å²) in [5, 5.41) is 2.81. The molecule has 0 unspecified atom stereocenters. The highest BCUT2D eigenvalue weighted by Crippen LogP contribution is 2.22. The Hall–Kier alpha value is -1.68. The quantitative estimate of drug-likeness (QED) is 0.815. The van der Waals surface area contributed by atoms with Crippen LogP contribution in [-0.4, -0.2) is 9.97 Å². The van der Waals surface area contributed by atoms with E-state index in [4.69, 9.17) is 5.73 Å². The maximum atomic E-state index is 5.58. The molecule has 4 heteroatoms. The molecule has 2 N–H and O–H groups in total. The van der Waals surface area contributed by atoms with Crippen LogP contribution in [0.1, 0.15) is 5.69 Å². The fraction of sp³-hybridized carbons (Fsp3) is 0. The van der Waals surface area contributed by atoms with E-state index in [1.54, 1.807) is 12.1 Å². The summed E-state index contributed by atoms with van der Waals surface area (Å²) in [7, 11) is 0.